The second-order valence-corrected chi connectivity index (χ2v) is 8.20. The van der Waals surface area contributed by atoms with E-state index in [1.54, 1.807) is 12.1 Å². The highest BCUT2D eigenvalue weighted by Crippen LogP contribution is 2.49. The second kappa shape index (κ2) is 5.83. The molecule has 7 heteroatoms. The first-order valence-corrected chi connectivity index (χ1v) is 9.43. The van der Waals surface area contributed by atoms with Gasteiger partial charge >= 0.3 is 0 Å². The smallest absolute Gasteiger partial charge is 0.190 e. The molecule has 0 unspecified atom stereocenters. The highest BCUT2D eigenvalue weighted by molar-refractivity contribution is 9.10. The Labute approximate surface area is 164 Å². The van der Waals surface area contributed by atoms with Gasteiger partial charge in [0.2, 0.25) is 0 Å². The Kier molecular flexibility index (Phi) is 3.98. The summed E-state index contributed by atoms with van der Waals surface area (Å²) in [4.78, 5) is 1.87. The SMILES string of the molecule is C[C@@H]1[C@@H]2NC(=S)N(c3ccc(F)c(Cl)c3)[C@@]1(C)Oc1ccc(Br)cc12. The molecule has 2 bridgehead atoms. The van der Waals surface area contributed by atoms with Crippen molar-refractivity contribution < 1.29 is 9.13 Å². The van der Waals surface area contributed by atoms with Gasteiger partial charge in [-0.25, -0.2) is 4.39 Å². The average Bonchev–Trinajstić information content (AvgIpc) is 2.55. The molecule has 25 heavy (non-hydrogen) atoms. The van der Waals surface area contributed by atoms with Crippen molar-refractivity contribution in [1.82, 2.24) is 5.32 Å². The summed E-state index contributed by atoms with van der Waals surface area (Å²) < 4.78 is 21.0. The molecule has 3 nitrogen and oxygen atoms in total. The Morgan fingerprint density at radius 1 is 1.32 bits per heavy atom. The molecule has 0 aliphatic carbocycles. The molecule has 2 aliphatic heterocycles. The third-order valence-corrected chi connectivity index (χ3v) is 6.14. The number of anilines is 1. The fourth-order valence-electron chi connectivity index (χ4n) is 3.60. The van der Waals surface area contributed by atoms with Gasteiger partial charge in [-0.3, -0.25) is 4.90 Å². The van der Waals surface area contributed by atoms with Crippen molar-refractivity contribution in [2.45, 2.75) is 25.6 Å². The number of halogens is 3. The first-order valence-electron chi connectivity index (χ1n) is 7.85. The minimum Gasteiger partial charge on any atom is -0.467 e. The molecule has 4 rings (SSSR count). The van der Waals surface area contributed by atoms with E-state index >= 15 is 0 Å². The van der Waals surface area contributed by atoms with Gasteiger partial charge in [0.05, 0.1) is 11.1 Å². The van der Waals surface area contributed by atoms with Crippen molar-refractivity contribution in [3.8, 4) is 5.75 Å². The summed E-state index contributed by atoms with van der Waals surface area (Å²) in [5.41, 5.74) is 1.05. The van der Waals surface area contributed by atoms with Crippen LogP contribution in [0.25, 0.3) is 0 Å². The van der Waals surface area contributed by atoms with Gasteiger partial charge in [0, 0.05) is 21.6 Å². The zero-order valence-electron chi connectivity index (χ0n) is 13.5. The van der Waals surface area contributed by atoms with Crippen LogP contribution in [0.5, 0.6) is 5.75 Å². The van der Waals surface area contributed by atoms with Gasteiger partial charge in [-0.15, -0.1) is 0 Å². The van der Waals surface area contributed by atoms with E-state index < -0.39 is 11.5 Å². The maximum atomic E-state index is 13.6. The lowest BCUT2D eigenvalue weighted by Crippen LogP contribution is -2.69. The molecular formula is C18H15BrClFN2OS. The summed E-state index contributed by atoms with van der Waals surface area (Å²) in [5, 5.41) is 3.99. The van der Waals surface area contributed by atoms with Gasteiger partial charge in [0.1, 0.15) is 11.6 Å². The fraction of sp³-hybridized carbons (Fsp3) is 0.278. The van der Waals surface area contributed by atoms with Crippen LogP contribution in [0.2, 0.25) is 5.02 Å². The number of hydrogen-bond acceptors (Lipinski definition) is 2. The summed E-state index contributed by atoms with van der Waals surface area (Å²) in [6, 6.07) is 10.6. The molecule has 2 aromatic rings. The van der Waals surface area contributed by atoms with Crippen molar-refractivity contribution >= 4 is 50.5 Å². The summed E-state index contributed by atoms with van der Waals surface area (Å²) >= 11 is 15.1. The minimum absolute atomic E-state index is 0.0333. The van der Waals surface area contributed by atoms with Gasteiger partial charge < -0.3 is 10.1 Å². The molecule has 3 atom stereocenters. The molecule has 0 amide bonds. The molecule has 0 saturated carbocycles. The quantitative estimate of drug-likeness (QED) is 0.597. The zero-order valence-corrected chi connectivity index (χ0v) is 16.7. The number of fused-ring (bicyclic) bond motifs is 4. The maximum Gasteiger partial charge on any atom is 0.190 e. The lowest BCUT2D eigenvalue weighted by molar-refractivity contribution is -0.00321. The van der Waals surface area contributed by atoms with Crippen molar-refractivity contribution in [3.05, 3.63) is 57.3 Å². The van der Waals surface area contributed by atoms with Gasteiger partial charge in [-0.2, -0.15) is 0 Å². The van der Waals surface area contributed by atoms with Crippen molar-refractivity contribution in [1.29, 1.82) is 0 Å². The highest BCUT2D eigenvalue weighted by atomic mass is 79.9. The van der Waals surface area contributed by atoms with E-state index in [1.165, 1.54) is 6.07 Å². The summed E-state index contributed by atoms with van der Waals surface area (Å²) in [5.74, 6) is 0.434. The van der Waals surface area contributed by atoms with E-state index in [0.717, 1.165) is 15.8 Å². The third-order valence-electron chi connectivity index (χ3n) is 5.06. The zero-order chi connectivity index (χ0) is 17.9. The highest BCUT2D eigenvalue weighted by Gasteiger charge is 2.53. The number of rotatable bonds is 1. The minimum atomic E-state index is -0.713. The third kappa shape index (κ3) is 2.54. The van der Waals surface area contributed by atoms with E-state index in [2.05, 4.69) is 34.2 Å². The van der Waals surface area contributed by atoms with Crippen LogP contribution in [0.15, 0.2) is 40.9 Å². The Hall–Kier alpha value is -1.37. The molecule has 1 N–H and O–H groups in total. The topological polar surface area (TPSA) is 24.5 Å². The number of hydrogen-bond donors (Lipinski definition) is 1. The van der Waals surface area contributed by atoms with Crippen molar-refractivity contribution in [2.24, 2.45) is 5.92 Å². The largest absolute Gasteiger partial charge is 0.467 e. The monoisotopic (exact) mass is 440 g/mol. The summed E-state index contributed by atoms with van der Waals surface area (Å²) in [6.07, 6.45) is 0. The lowest BCUT2D eigenvalue weighted by Gasteiger charge is -2.56. The number of thiocarbonyl (C=S) groups is 1. The molecule has 2 heterocycles. The fourth-order valence-corrected chi connectivity index (χ4v) is 4.57. The van der Waals surface area contributed by atoms with Gasteiger partial charge in [0.25, 0.3) is 0 Å². The molecule has 0 radical (unpaired) electrons. The number of benzene rings is 2. The van der Waals surface area contributed by atoms with E-state index in [1.807, 2.05) is 24.0 Å². The molecule has 130 valence electrons. The van der Waals surface area contributed by atoms with Crippen molar-refractivity contribution in [2.75, 3.05) is 4.90 Å². The maximum absolute atomic E-state index is 13.6. The van der Waals surface area contributed by atoms with Crippen LogP contribution in [-0.2, 0) is 0 Å². The molecule has 2 aromatic carbocycles. The Morgan fingerprint density at radius 2 is 2.08 bits per heavy atom. The second-order valence-electron chi connectivity index (χ2n) is 6.49. The Morgan fingerprint density at radius 3 is 2.80 bits per heavy atom. The van der Waals surface area contributed by atoms with Gasteiger partial charge in [0.15, 0.2) is 10.8 Å². The van der Waals surface area contributed by atoms with E-state index in [4.69, 9.17) is 28.6 Å². The van der Waals surface area contributed by atoms with Crippen LogP contribution < -0.4 is 15.0 Å². The van der Waals surface area contributed by atoms with E-state index in [0.29, 0.717) is 10.8 Å². The lowest BCUT2D eigenvalue weighted by atomic mass is 9.80. The van der Waals surface area contributed by atoms with Crippen LogP contribution in [0.3, 0.4) is 0 Å². The van der Waals surface area contributed by atoms with Crippen LogP contribution >= 0.6 is 39.7 Å². The standard InChI is InChI=1S/C18H15BrClFN2OS/c1-9-16-12-7-10(19)3-6-15(12)24-18(9,2)23(17(25)22-16)11-4-5-14(21)13(20)8-11/h3-9,16H,1-2H3,(H,22,25)/t9-,16+,18+/m1/s1. The number of ether oxygens (including phenoxy) is 1. The molecule has 1 fully saturated rings. The first-order chi connectivity index (χ1) is 11.8. The molecular weight excluding hydrogens is 427 g/mol. The van der Waals surface area contributed by atoms with E-state index in [-0.39, 0.29) is 17.0 Å². The van der Waals surface area contributed by atoms with Crippen LogP contribution in [-0.4, -0.2) is 10.8 Å². The normalized spacial score (nSPS) is 27.4. The predicted octanol–water partition coefficient (Wildman–Crippen LogP) is 5.42. The van der Waals surface area contributed by atoms with Gasteiger partial charge in [-0.05, 0) is 55.5 Å². The first kappa shape index (κ1) is 17.1. The predicted molar refractivity (Wildman–Crippen MR) is 105 cm³/mol. The van der Waals surface area contributed by atoms with Gasteiger partial charge in [-0.1, -0.05) is 34.5 Å². The number of nitrogens with one attached hydrogen (secondary N) is 1. The molecule has 0 aromatic heterocycles. The van der Waals surface area contributed by atoms with Crippen LogP contribution in [0.1, 0.15) is 25.5 Å². The Balaban J connectivity index is 1.85. The number of nitrogens with zero attached hydrogens (tertiary/aromatic N) is 1. The van der Waals surface area contributed by atoms with E-state index in [9.17, 15) is 4.39 Å². The molecule has 2 aliphatic rings. The van der Waals surface area contributed by atoms with Crippen LogP contribution in [0, 0.1) is 11.7 Å². The summed E-state index contributed by atoms with van der Waals surface area (Å²) in [6.45, 7) is 4.11. The average molecular weight is 442 g/mol. The molecule has 1 saturated heterocycles. The molecule has 0 spiro atoms. The van der Waals surface area contributed by atoms with Crippen LogP contribution in [0.4, 0.5) is 10.1 Å². The van der Waals surface area contributed by atoms with Crippen molar-refractivity contribution in [3.63, 3.8) is 0 Å². The summed E-state index contributed by atoms with van der Waals surface area (Å²) in [7, 11) is 0. The Bertz CT molecular complexity index is 895.